The number of aromatic nitrogens is 2. The summed E-state index contributed by atoms with van der Waals surface area (Å²) in [5.41, 5.74) is 0.805. The van der Waals surface area contributed by atoms with E-state index in [0.717, 1.165) is 0 Å². The number of anilines is 2. The monoisotopic (exact) mass is 496 g/mol. The summed E-state index contributed by atoms with van der Waals surface area (Å²) < 4.78 is 91.0. The molecule has 2 rings (SSSR count). The third-order valence-corrected chi connectivity index (χ3v) is 5.62. The van der Waals surface area contributed by atoms with Crippen molar-refractivity contribution in [3.63, 3.8) is 0 Å². The summed E-state index contributed by atoms with van der Waals surface area (Å²) in [6, 6.07) is 2.74. The normalized spacial score (nSPS) is 14.4. The van der Waals surface area contributed by atoms with Crippen molar-refractivity contribution in [2.45, 2.75) is 4.90 Å². The Hall–Kier alpha value is -2.46. The molecular weight excluding hydrogens is 490 g/mol. The molecule has 0 saturated heterocycles. The molecule has 0 saturated carbocycles. The predicted octanol–water partition coefficient (Wildman–Crippen LogP) is 4.53. The first kappa shape index (κ1) is 22.8. The van der Waals surface area contributed by atoms with Gasteiger partial charge in [0.25, 0.3) is 0 Å². The van der Waals surface area contributed by atoms with E-state index in [1.54, 1.807) is 0 Å². The second-order valence-corrected chi connectivity index (χ2v) is 10.4. The molecule has 0 spiro atoms. The molecule has 0 aliphatic rings. The molecule has 3 N–H and O–H groups in total. The molecule has 0 aliphatic carbocycles. The zero-order chi connectivity index (χ0) is 22.6. The number of hydrogen-bond acceptors (Lipinski definition) is 6. The van der Waals surface area contributed by atoms with Gasteiger partial charge in [-0.15, -0.1) is 0 Å². The van der Waals surface area contributed by atoms with Crippen LogP contribution in [0.4, 0.5) is 30.8 Å². The van der Waals surface area contributed by atoms with Gasteiger partial charge in [-0.3, -0.25) is 4.72 Å². The standard InChI is InChI=1S/C12H7Cl2F5N6O2S2/c1-28(26,27)24-11-6(3-20)23-25(7(11)4-21)12-5(13)2-8(10(22)9(12)14)29(15,16,17,18)19/h2,24H,22H2,1H3. The van der Waals surface area contributed by atoms with Gasteiger partial charge in [-0.2, -0.15) is 15.6 Å². The Morgan fingerprint density at radius 1 is 1.21 bits per heavy atom. The van der Waals surface area contributed by atoms with Crippen molar-refractivity contribution in [3.8, 4) is 17.8 Å². The molecule has 1 aromatic carbocycles. The Balaban J connectivity index is 2.94. The predicted molar refractivity (Wildman–Crippen MR) is 97.3 cm³/mol. The van der Waals surface area contributed by atoms with Crippen LogP contribution in [0.15, 0.2) is 11.0 Å². The third kappa shape index (κ3) is 4.43. The average Bonchev–Trinajstić information content (AvgIpc) is 2.84. The number of halogens is 7. The van der Waals surface area contributed by atoms with Gasteiger partial charge in [0.2, 0.25) is 10.0 Å². The van der Waals surface area contributed by atoms with Crippen molar-refractivity contribution >= 4 is 54.8 Å². The molecule has 0 atom stereocenters. The SMILES string of the molecule is CS(=O)(=O)Nc1c(C#N)nn(-c2c(Cl)cc(S(F)(F)(F)(F)F)c(N)c2Cl)c1C#N. The van der Waals surface area contributed by atoms with Crippen molar-refractivity contribution in [2.24, 2.45) is 0 Å². The maximum Gasteiger partial charge on any atom is 0.312 e. The fourth-order valence-corrected chi connectivity index (χ4v) is 4.32. The Labute approximate surface area is 170 Å². The van der Waals surface area contributed by atoms with Gasteiger partial charge in [-0.25, -0.2) is 13.1 Å². The molecule has 29 heavy (non-hydrogen) atoms. The van der Waals surface area contributed by atoms with Gasteiger partial charge in [0, 0.05) is 0 Å². The second-order valence-electron chi connectivity index (χ2n) is 5.48. The summed E-state index contributed by atoms with van der Waals surface area (Å²) in [6.45, 7) is 0. The van der Waals surface area contributed by atoms with Crippen LogP contribution >= 0.6 is 33.4 Å². The molecule has 8 nitrogen and oxygen atoms in total. The number of sulfonamides is 1. The van der Waals surface area contributed by atoms with Gasteiger partial charge in [-0.1, -0.05) is 42.6 Å². The van der Waals surface area contributed by atoms with Gasteiger partial charge >= 0.3 is 10.2 Å². The Morgan fingerprint density at radius 3 is 2.17 bits per heavy atom. The van der Waals surface area contributed by atoms with E-state index in [2.05, 4.69) is 5.10 Å². The molecule has 0 bridgehead atoms. The molecule has 158 valence electrons. The minimum Gasteiger partial charge on any atom is -0.396 e. The first-order chi connectivity index (χ1) is 12.8. The van der Waals surface area contributed by atoms with Crippen molar-refractivity contribution < 1.29 is 27.8 Å². The van der Waals surface area contributed by atoms with Crippen LogP contribution < -0.4 is 10.5 Å². The summed E-state index contributed by atoms with van der Waals surface area (Å²) in [7, 11) is -14.3. The van der Waals surface area contributed by atoms with E-state index >= 15 is 0 Å². The molecule has 1 aromatic heterocycles. The highest BCUT2D eigenvalue weighted by Gasteiger charge is 2.67. The second kappa shape index (κ2) is 6.02. The van der Waals surface area contributed by atoms with Crippen LogP contribution in [-0.2, 0) is 10.0 Å². The van der Waals surface area contributed by atoms with Crippen molar-refractivity contribution in [1.29, 1.82) is 10.5 Å². The van der Waals surface area contributed by atoms with Crippen LogP contribution in [0.1, 0.15) is 11.4 Å². The molecular formula is C12H7Cl2F5N6O2S2. The van der Waals surface area contributed by atoms with Crippen LogP contribution in [0.2, 0.25) is 10.0 Å². The first-order valence-electron chi connectivity index (χ1n) is 6.73. The minimum absolute atomic E-state index is 0.196. The number of nitrogens with one attached hydrogen (secondary N) is 1. The smallest absolute Gasteiger partial charge is 0.312 e. The number of nitrogens with two attached hydrogens (primary N) is 1. The molecule has 0 amide bonds. The van der Waals surface area contributed by atoms with Crippen molar-refractivity contribution in [3.05, 3.63) is 27.5 Å². The van der Waals surface area contributed by atoms with Gasteiger partial charge in [0.15, 0.2) is 11.4 Å². The van der Waals surface area contributed by atoms with Crippen LogP contribution in [0.5, 0.6) is 0 Å². The molecule has 0 aliphatic heterocycles. The van der Waals surface area contributed by atoms with Crippen LogP contribution in [0, 0.1) is 22.7 Å². The van der Waals surface area contributed by atoms with E-state index in [0.29, 0.717) is 10.9 Å². The maximum atomic E-state index is 13.2. The number of nitriles is 2. The lowest BCUT2D eigenvalue weighted by molar-refractivity contribution is 0.364. The van der Waals surface area contributed by atoms with Crippen molar-refractivity contribution in [1.82, 2.24) is 9.78 Å². The zero-order valence-corrected chi connectivity index (χ0v) is 16.9. The lowest BCUT2D eigenvalue weighted by Gasteiger charge is -2.41. The fourth-order valence-electron chi connectivity index (χ4n) is 2.16. The van der Waals surface area contributed by atoms with Crippen LogP contribution in [-0.4, -0.2) is 24.5 Å². The minimum atomic E-state index is -10.3. The highest BCUT2D eigenvalue weighted by Crippen LogP contribution is 3.03. The molecule has 17 heteroatoms. The van der Waals surface area contributed by atoms with E-state index < -0.39 is 63.6 Å². The zero-order valence-electron chi connectivity index (χ0n) is 13.7. The highest BCUT2D eigenvalue weighted by molar-refractivity contribution is 8.45. The largest absolute Gasteiger partial charge is 0.396 e. The maximum absolute atomic E-state index is 13.2. The summed E-state index contributed by atoms with van der Waals surface area (Å²) >= 11 is 11.4. The van der Waals surface area contributed by atoms with E-state index in [-0.39, 0.29) is 6.07 Å². The number of nitrogens with zero attached hydrogens (tertiary/aromatic N) is 4. The number of benzene rings is 1. The van der Waals surface area contributed by atoms with Gasteiger partial charge < -0.3 is 5.73 Å². The summed E-state index contributed by atoms with van der Waals surface area (Å²) in [5.74, 6) is 0. The summed E-state index contributed by atoms with van der Waals surface area (Å²) in [4.78, 5) is -2.55. The molecule has 2 aromatic rings. The van der Waals surface area contributed by atoms with E-state index in [4.69, 9.17) is 34.2 Å². The van der Waals surface area contributed by atoms with Crippen molar-refractivity contribution in [2.75, 3.05) is 16.7 Å². The van der Waals surface area contributed by atoms with Gasteiger partial charge in [0.05, 0.1) is 22.0 Å². The number of hydrogen-bond donors (Lipinski definition) is 2. The Bertz CT molecular complexity index is 1250. The average molecular weight is 497 g/mol. The topological polar surface area (TPSA) is 138 Å². The molecule has 0 fully saturated rings. The summed E-state index contributed by atoms with van der Waals surface area (Å²) in [6.07, 6.45) is 0.689. The van der Waals surface area contributed by atoms with Gasteiger partial charge in [-0.05, 0) is 6.07 Å². The van der Waals surface area contributed by atoms with Crippen LogP contribution in [0.3, 0.4) is 0 Å². The molecule has 0 unspecified atom stereocenters. The first-order valence-corrected chi connectivity index (χ1v) is 11.3. The van der Waals surface area contributed by atoms with E-state index in [9.17, 15) is 33.1 Å². The Morgan fingerprint density at radius 2 is 1.76 bits per heavy atom. The Kier molecular flexibility index (Phi) is 4.74. The van der Waals surface area contributed by atoms with E-state index in [1.807, 2.05) is 4.72 Å². The lowest BCUT2D eigenvalue weighted by atomic mass is 10.2. The lowest BCUT2D eigenvalue weighted by Crippen LogP contribution is -2.13. The van der Waals surface area contributed by atoms with Gasteiger partial charge in [0.1, 0.15) is 28.4 Å². The third-order valence-electron chi connectivity index (χ3n) is 3.21. The number of rotatable bonds is 4. The molecule has 0 radical (unpaired) electrons. The fraction of sp³-hybridized carbons (Fsp3) is 0.0833. The summed E-state index contributed by atoms with van der Waals surface area (Å²) in [5, 5.41) is 19.8. The van der Waals surface area contributed by atoms with Crippen LogP contribution in [0.25, 0.3) is 5.69 Å². The quantitative estimate of drug-likeness (QED) is 0.470. The highest BCUT2D eigenvalue weighted by atomic mass is 35.5. The molecule has 1 heterocycles. The number of nitrogen functional groups attached to an aromatic ring is 1. The van der Waals surface area contributed by atoms with E-state index in [1.165, 1.54) is 12.1 Å².